The number of hydrazone groups is 1. The first kappa shape index (κ1) is 27.9. The second-order valence-corrected chi connectivity index (χ2v) is 11.1. The Kier molecular flexibility index (Phi) is 8.02. The van der Waals surface area contributed by atoms with Gasteiger partial charge in [-0.15, -0.1) is 0 Å². The normalized spacial score (nSPS) is 18.5. The fraction of sp³-hybridized carbons (Fsp3) is 0.308. The highest BCUT2D eigenvalue weighted by Gasteiger charge is 2.35. The SMILES string of the molecule is Cc1cc(Cl)cc(C(=O)N(C)C2CC2)c1NC(=O)C1=C(O[SH](=O)=O)C=CN(C2=NNCC2c2ncccc2Cl)C1. The van der Waals surface area contributed by atoms with Crippen LogP contribution in [0.2, 0.25) is 10.0 Å². The van der Waals surface area contributed by atoms with Gasteiger partial charge in [-0.3, -0.25) is 14.6 Å². The molecule has 1 atom stereocenters. The summed E-state index contributed by atoms with van der Waals surface area (Å²) < 4.78 is 27.9. The number of nitrogens with zero attached hydrogens (tertiary/aromatic N) is 4. The molecule has 1 aromatic heterocycles. The van der Waals surface area contributed by atoms with Gasteiger partial charge in [-0.1, -0.05) is 23.2 Å². The number of anilines is 1. The van der Waals surface area contributed by atoms with Gasteiger partial charge in [0, 0.05) is 37.1 Å². The number of amides is 2. The molecule has 0 spiro atoms. The summed E-state index contributed by atoms with van der Waals surface area (Å²) >= 11 is 12.7. The van der Waals surface area contributed by atoms with E-state index in [1.54, 1.807) is 54.4 Å². The van der Waals surface area contributed by atoms with Crippen molar-refractivity contribution in [2.45, 2.75) is 31.7 Å². The molecular weight excluding hydrogens is 579 g/mol. The molecular formula is C26H26Cl2N6O5S. The van der Waals surface area contributed by atoms with E-state index in [1.807, 2.05) is 0 Å². The Balaban J connectivity index is 1.45. The first-order valence-electron chi connectivity index (χ1n) is 12.4. The Hall–Kier alpha value is -3.61. The minimum absolute atomic E-state index is 0.0189. The third-order valence-electron chi connectivity index (χ3n) is 6.87. The summed E-state index contributed by atoms with van der Waals surface area (Å²) in [6.45, 7) is 2.09. The highest BCUT2D eigenvalue weighted by atomic mass is 35.5. The first-order valence-corrected chi connectivity index (χ1v) is 14.3. The maximum absolute atomic E-state index is 13.7. The van der Waals surface area contributed by atoms with E-state index in [4.69, 9.17) is 27.4 Å². The lowest BCUT2D eigenvalue weighted by Crippen LogP contribution is -2.37. The number of carbonyl (C=O) groups excluding carboxylic acids is 2. The molecule has 0 saturated heterocycles. The summed E-state index contributed by atoms with van der Waals surface area (Å²) in [6.07, 6.45) is 6.41. The summed E-state index contributed by atoms with van der Waals surface area (Å²) in [5.74, 6) is -0.838. The number of thiol groups is 1. The minimum Gasteiger partial charge on any atom is -0.384 e. The van der Waals surface area contributed by atoms with E-state index >= 15 is 0 Å². The topological polar surface area (TPSA) is 133 Å². The Morgan fingerprint density at radius 2 is 2.02 bits per heavy atom. The van der Waals surface area contributed by atoms with Crippen LogP contribution in [0.4, 0.5) is 5.69 Å². The summed E-state index contributed by atoms with van der Waals surface area (Å²) in [4.78, 5) is 34.7. The van der Waals surface area contributed by atoms with Crippen molar-refractivity contribution in [3.05, 3.63) is 80.9 Å². The Bertz CT molecular complexity index is 1540. The molecule has 0 radical (unpaired) electrons. The van der Waals surface area contributed by atoms with Crippen LogP contribution in [0.15, 0.2) is 59.2 Å². The first-order chi connectivity index (χ1) is 19.1. The zero-order valence-electron chi connectivity index (χ0n) is 21.6. The Morgan fingerprint density at radius 1 is 1.25 bits per heavy atom. The van der Waals surface area contributed by atoms with Crippen molar-refractivity contribution in [2.24, 2.45) is 5.10 Å². The number of aromatic nitrogens is 1. The number of carbonyl (C=O) groups is 2. The van der Waals surface area contributed by atoms with Crippen molar-refractivity contribution in [2.75, 3.05) is 25.5 Å². The fourth-order valence-corrected chi connectivity index (χ4v) is 5.53. The number of hydrogen-bond donors (Lipinski definition) is 3. The molecule has 1 aliphatic carbocycles. The third-order valence-corrected chi connectivity index (χ3v) is 7.76. The molecule has 0 bridgehead atoms. The molecule has 1 saturated carbocycles. The van der Waals surface area contributed by atoms with Crippen molar-refractivity contribution in [1.82, 2.24) is 20.2 Å². The van der Waals surface area contributed by atoms with Gasteiger partial charge < -0.3 is 24.7 Å². The summed E-state index contributed by atoms with van der Waals surface area (Å²) in [6, 6.07) is 6.75. The van der Waals surface area contributed by atoms with E-state index in [0.29, 0.717) is 33.7 Å². The second kappa shape index (κ2) is 11.5. The third kappa shape index (κ3) is 5.79. The van der Waals surface area contributed by atoms with Gasteiger partial charge in [0.1, 0.15) is 5.84 Å². The van der Waals surface area contributed by atoms with E-state index in [0.717, 1.165) is 12.8 Å². The van der Waals surface area contributed by atoms with E-state index in [-0.39, 0.29) is 47.0 Å². The number of hydrogen-bond acceptors (Lipinski definition) is 9. The van der Waals surface area contributed by atoms with Gasteiger partial charge in [-0.05, 0) is 55.7 Å². The molecule has 2 amide bonds. The summed E-state index contributed by atoms with van der Waals surface area (Å²) in [5.41, 5.74) is 4.67. The summed E-state index contributed by atoms with van der Waals surface area (Å²) in [5, 5.41) is 8.02. The quantitative estimate of drug-likeness (QED) is 0.410. The van der Waals surface area contributed by atoms with Crippen molar-refractivity contribution in [1.29, 1.82) is 0 Å². The maximum atomic E-state index is 13.7. The van der Waals surface area contributed by atoms with Crippen molar-refractivity contribution >= 4 is 57.5 Å². The smallest absolute Gasteiger partial charge is 0.299 e. The van der Waals surface area contributed by atoms with Gasteiger partial charge in [-0.2, -0.15) is 13.5 Å². The molecule has 1 aromatic carbocycles. The fourth-order valence-electron chi connectivity index (χ4n) is 4.68. The van der Waals surface area contributed by atoms with Gasteiger partial charge in [0.25, 0.3) is 22.8 Å². The monoisotopic (exact) mass is 604 g/mol. The van der Waals surface area contributed by atoms with Crippen molar-refractivity contribution in [3.8, 4) is 0 Å². The van der Waals surface area contributed by atoms with Crippen LogP contribution in [0.3, 0.4) is 0 Å². The van der Waals surface area contributed by atoms with Crippen LogP contribution in [0, 0.1) is 6.92 Å². The van der Waals surface area contributed by atoms with Crippen LogP contribution in [0.1, 0.15) is 40.4 Å². The van der Waals surface area contributed by atoms with Crippen LogP contribution >= 0.6 is 23.2 Å². The average Bonchev–Trinajstić information content (AvgIpc) is 3.66. The summed E-state index contributed by atoms with van der Waals surface area (Å²) in [7, 11) is -1.59. The molecule has 210 valence electrons. The number of allylic oxidation sites excluding steroid dienone is 1. The predicted molar refractivity (Wildman–Crippen MR) is 152 cm³/mol. The number of benzene rings is 1. The minimum atomic E-state index is -3.30. The molecule has 2 aliphatic heterocycles. The Labute approximate surface area is 242 Å². The van der Waals surface area contributed by atoms with E-state index in [1.165, 1.54) is 12.1 Å². The number of rotatable bonds is 7. The van der Waals surface area contributed by atoms with Gasteiger partial charge >= 0.3 is 0 Å². The molecule has 2 aromatic rings. The molecule has 1 fully saturated rings. The van der Waals surface area contributed by atoms with Crippen LogP contribution in [-0.4, -0.2) is 67.0 Å². The van der Waals surface area contributed by atoms with Gasteiger partial charge in [0.15, 0.2) is 5.76 Å². The molecule has 11 nitrogen and oxygen atoms in total. The average molecular weight is 606 g/mol. The van der Waals surface area contributed by atoms with E-state index < -0.39 is 16.9 Å². The van der Waals surface area contributed by atoms with Crippen LogP contribution in [-0.2, 0) is 20.0 Å². The molecule has 3 aliphatic rings. The van der Waals surface area contributed by atoms with Gasteiger partial charge in [0.2, 0.25) is 0 Å². The van der Waals surface area contributed by atoms with Crippen LogP contribution in [0.25, 0.3) is 0 Å². The molecule has 5 rings (SSSR count). The predicted octanol–water partition coefficient (Wildman–Crippen LogP) is 3.20. The van der Waals surface area contributed by atoms with Gasteiger partial charge in [-0.25, -0.2) is 0 Å². The number of halogens is 2. The largest absolute Gasteiger partial charge is 0.384 e. The zero-order chi connectivity index (χ0) is 28.6. The van der Waals surface area contributed by atoms with Crippen molar-refractivity contribution < 1.29 is 22.2 Å². The molecule has 1 unspecified atom stereocenters. The van der Waals surface area contributed by atoms with Gasteiger partial charge in [0.05, 0.1) is 40.0 Å². The number of amidine groups is 1. The lowest BCUT2D eigenvalue weighted by Gasteiger charge is -2.28. The van der Waals surface area contributed by atoms with Crippen LogP contribution < -0.4 is 10.7 Å². The lowest BCUT2D eigenvalue weighted by molar-refractivity contribution is -0.113. The number of aryl methyl sites for hydroxylation is 1. The zero-order valence-corrected chi connectivity index (χ0v) is 24.0. The molecule has 3 heterocycles. The lowest BCUT2D eigenvalue weighted by atomic mass is 10.0. The van der Waals surface area contributed by atoms with Crippen molar-refractivity contribution in [3.63, 3.8) is 0 Å². The number of pyridine rings is 1. The highest BCUT2D eigenvalue weighted by molar-refractivity contribution is 7.67. The van der Waals surface area contributed by atoms with Crippen LogP contribution in [0.5, 0.6) is 0 Å². The number of nitrogens with one attached hydrogen (secondary N) is 2. The molecule has 14 heteroatoms. The standard InChI is InChI=1S/C26H26Cl2N6O5S/c1-14-10-15(27)11-17(26(36)33(2)16-5-6-16)22(14)31-25(35)19-13-34(9-7-21(19)39-40(37)38)24-18(12-30-32-24)23-20(28)4-3-8-29-23/h3-4,7-11,16,18,30,40H,5-6,12-13H2,1-2H3,(H,31,35). The van der Waals surface area contributed by atoms with E-state index in [2.05, 4.69) is 20.8 Å². The maximum Gasteiger partial charge on any atom is 0.299 e. The highest BCUT2D eigenvalue weighted by Crippen LogP contribution is 2.33. The molecule has 40 heavy (non-hydrogen) atoms. The molecule has 2 N–H and O–H groups in total. The Morgan fingerprint density at radius 3 is 2.73 bits per heavy atom. The van der Waals surface area contributed by atoms with E-state index in [9.17, 15) is 18.0 Å². The second-order valence-electron chi connectivity index (χ2n) is 9.60.